The predicted molar refractivity (Wildman–Crippen MR) is 74.5 cm³/mol. The van der Waals surface area contributed by atoms with Crippen molar-refractivity contribution < 1.29 is 9.53 Å². The first-order valence-corrected chi connectivity index (χ1v) is 6.52. The van der Waals surface area contributed by atoms with Crippen LogP contribution in [0.2, 0.25) is 0 Å². The minimum Gasteiger partial charge on any atom is -0.444 e. The maximum atomic E-state index is 11.8. The van der Waals surface area contributed by atoms with E-state index in [9.17, 15) is 4.79 Å². The lowest BCUT2D eigenvalue weighted by Crippen LogP contribution is -2.52. The van der Waals surface area contributed by atoms with Gasteiger partial charge in [-0.25, -0.2) is 4.79 Å². The van der Waals surface area contributed by atoms with Gasteiger partial charge in [-0.15, -0.1) is 0 Å². The van der Waals surface area contributed by atoms with Crippen LogP contribution in [0.25, 0.3) is 0 Å². The highest BCUT2D eigenvalue weighted by atomic mass is 16.6. The number of amides is 1. The Balaban J connectivity index is 2.54. The Labute approximate surface area is 110 Å². The molecular weight excluding hydrogens is 226 g/mol. The molecule has 3 nitrogen and oxygen atoms in total. The van der Waals surface area contributed by atoms with E-state index in [0.29, 0.717) is 5.92 Å². The summed E-state index contributed by atoms with van der Waals surface area (Å²) in [7, 11) is 0. The minimum absolute atomic E-state index is 0.202. The first-order valence-electron chi connectivity index (χ1n) is 6.52. The van der Waals surface area contributed by atoms with Crippen LogP contribution in [0.5, 0.6) is 0 Å². The van der Waals surface area contributed by atoms with Crippen LogP contribution in [0, 0.1) is 5.92 Å². The Kier molecular flexibility index (Phi) is 4.60. The third-order valence-electron chi connectivity index (χ3n) is 2.90. The van der Waals surface area contributed by atoms with E-state index >= 15 is 0 Å². The van der Waals surface area contributed by atoms with Gasteiger partial charge >= 0.3 is 6.09 Å². The van der Waals surface area contributed by atoms with Crippen molar-refractivity contribution in [3.05, 3.63) is 23.3 Å². The number of hydrogen-bond acceptors (Lipinski definition) is 2. The normalized spacial score (nSPS) is 16.7. The Morgan fingerprint density at radius 3 is 2.22 bits per heavy atom. The molecule has 0 unspecified atom stereocenters. The maximum Gasteiger partial charge on any atom is 0.410 e. The van der Waals surface area contributed by atoms with Gasteiger partial charge in [0.15, 0.2) is 0 Å². The molecule has 0 aliphatic carbocycles. The molecule has 0 N–H and O–H groups in total. The molecule has 0 atom stereocenters. The van der Waals surface area contributed by atoms with Gasteiger partial charge in [0.2, 0.25) is 0 Å². The van der Waals surface area contributed by atoms with Gasteiger partial charge in [0.1, 0.15) is 5.60 Å². The van der Waals surface area contributed by atoms with E-state index in [4.69, 9.17) is 4.74 Å². The monoisotopic (exact) mass is 251 g/mol. The van der Waals surface area contributed by atoms with E-state index in [1.807, 2.05) is 27.7 Å². The standard InChI is InChI=1S/C15H25NO2/c1-7-8-13(11(2)3)12-9-16(10-12)14(17)18-15(4,5)6/h7-8,12H,9-10H2,1-6H3/b8-7-. The summed E-state index contributed by atoms with van der Waals surface area (Å²) < 4.78 is 5.34. The molecule has 1 fully saturated rings. The van der Waals surface area contributed by atoms with Gasteiger partial charge in [-0.1, -0.05) is 17.7 Å². The van der Waals surface area contributed by atoms with E-state index < -0.39 is 5.60 Å². The second-order valence-corrected chi connectivity index (χ2v) is 6.04. The van der Waals surface area contributed by atoms with E-state index in [1.165, 1.54) is 11.1 Å². The second-order valence-electron chi connectivity index (χ2n) is 6.04. The van der Waals surface area contributed by atoms with Gasteiger partial charge in [0.05, 0.1) is 0 Å². The third-order valence-corrected chi connectivity index (χ3v) is 2.90. The van der Waals surface area contributed by atoms with Crippen LogP contribution in [0.1, 0.15) is 41.5 Å². The molecule has 0 bridgehead atoms. The van der Waals surface area contributed by atoms with Gasteiger partial charge in [-0.3, -0.25) is 0 Å². The quantitative estimate of drug-likeness (QED) is 0.699. The van der Waals surface area contributed by atoms with Crippen LogP contribution >= 0.6 is 0 Å². The van der Waals surface area contributed by atoms with Gasteiger partial charge < -0.3 is 9.64 Å². The van der Waals surface area contributed by atoms with Crippen molar-refractivity contribution in [3.8, 4) is 0 Å². The van der Waals surface area contributed by atoms with E-state index in [-0.39, 0.29) is 6.09 Å². The zero-order valence-electron chi connectivity index (χ0n) is 12.4. The number of allylic oxidation sites excluding steroid dienone is 3. The number of carbonyl (C=O) groups is 1. The molecule has 0 saturated carbocycles. The summed E-state index contributed by atoms with van der Waals surface area (Å²) in [4.78, 5) is 13.6. The summed E-state index contributed by atoms with van der Waals surface area (Å²) in [6.45, 7) is 13.5. The van der Waals surface area contributed by atoms with Crippen molar-refractivity contribution in [2.45, 2.75) is 47.1 Å². The molecular formula is C15H25NO2. The van der Waals surface area contributed by atoms with Gasteiger partial charge in [-0.2, -0.15) is 0 Å². The van der Waals surface area contributed by atoms with Crippen molar-refractivity contribution in [1.29, 1.82) is 0 Å². The Morgan fingerprint density at radius 1 is 1.28 bits per heavy atom. The van der Waals surface area contributed by atoms with Crippen LogP contribution in [0.15, 0.2) is 23.3 Å². The number of ether oxygens (including phenoxy) is 1. The highest BCUT2D eigenvalue weighted by Gasteiger charge is 2.35. The van der Waals surface area contributed by atoms with Gasteiger partial charge in [0, 0.05) is 19.0 Å². The summed E-state index contributed by atoms with van der Waals surface area (Å²) in [5.41, 5.74) is 2.25. The van der Waals surface area contributed by atoms with E-state index in [0.717, 1.165) is 13.1 Å². The molecule has 1 aliphatic rings. The highest BCUT2D eigenvalue weighted by Crippen LogP contribution is 2.28. The lowest BCUT2D eigenvalue weighted by atomic mass is 9.88. The predicted octanol–water partition coefficient (Wildman–Crippen LogP) is 3.77. The topological polar surface area (TPSA) is 29.5 Å². The number of carbonyl (C=O) groups excluding carboxylic acids is 1. The smallest absolute Gasteiger partial charge is 0.410 e. The zero-order chi connectivity index (χ0) is 13.9. The van der Waals surface area contributed by atoms with Crippen molar-refractivity contribution >= 4 is 6.09 Å². The Hall–Kier alpha value is -1.25. The van der Waals surface area contributed by atoms with Crippen LogP contribution < -0.4 is 0 Å². The third kappa shape index (κ3) is 3.90. The summed E-state index contributed by atoms with van der Waals surface area (Å²) in [5.74, 6) is 0.457. The molecule has 18 heavy (non-hydrogen) atoms. The molecule has 3 heteroatoms. The SMILES string of the molecule is C/C=C\C(=C(C)C)C1CN(C(=O)OC(C)(C)C)C1. The maximum absolute atomic E-state index is 11.8. The van der Waals surface area contributed by atoms with Crippen molar-refractivity contribution in [2.24, 2.45) is 5.92 Å². The highest BCUT2D eigenvalue weighted by molar-refractivity contribution is 5.69. The van der Waals surface area contributed by atoms with Crippen LogP contribution in [-0.4, -0.2) is 29.7 Å². The molecule has 1 amide bonds. The molecule has 102 valence electrons. The average Bonchev–Trinajstić information content (AvgIpc) is 2.10. The fourth-order valence-corrected chi connectivity index (χ4v) is 2.04. The lowest BCUT2D eigenvalue weighted by molar-refractivity contribution is 0.00395. The lowest BCUT2D eigenvalue weighted by Gasteiger charge is -2.41. The van der Waals surface area contributed by atoms with E-state index in [2.05, 4.69) is 26.0 Å². The first-order chi connectivity index (χ1) is 8.24. The fraction of sp³-hybridized carbons (Fsp3) is 0.667. The fourth-order valence-electron chi connectivity index (χ4n) is 2.04. The first kappa shape index (κ1) is 14.8. The number of rotatable bonds is 2. The van der Waals surface area contributed by atoms with Crippen LogP contribution in [0.4, 0.5) is 4.79 Å². The Morgan fingerprint density at radius 2 is 1.83 bits per heavy atom. The second kappa shape index (κ2) is 5.59. The summed E-state index contributed by atoms with van der Waals surface area (Å²) in [6, 6.07) is 0. The summed E-state index contributed by atoms with van der Waals surface area (Å²) in [5, 5.41) is 0. The zero-order valence-corrected chi connectivity index (χ0v) is 12.4. The number of nitrogens with zero attached hydrogens (tertiary/aromatic N) is 1. The molecule has 1 rings (SSSR count). The summed E-state index contributed by atoms with van der Waals surface area (Å²) in [6.07, 6.45) is 4.00. The van der Waals surface area contributed by atoms with Gasteiger partial charge in [-0.05, 0) is 47.1 Å². The molecule has 0 aromatic carbocycles. The van der Waals surface area contributed by atoms with Crippen LogP contribution in [0.3, 0.4) is 0 Å². The molecule has 1 aliphatic heterocycles. The summed E-state index contributed by atoms with van der Waals surface area (Å²) >= 11 is 0. The minimum atomic E-state index is -0.412. The number of hydrogen-bond donors (Lipinski definition) is 0. The average molecular weight is 251 g/mol. The molecule has 1 saturated heterocycles. The van der Waals surface area contributed by atoms with Gasteiger partial charge in [0.25, 0.3) is 0 Å². The molecule has 1 heterocycles. The van der Waals surface area contributed by atoms with Crippen molar-refractivity contribution in [3.63, 3.8) is 0 Å². The van der Waals surface area contributed by atoms with Crippen LogP contribution in [-0.2, 0) is 4.74 Å². The largest absolute Gasteiger partial charge is 0.444 e. The molecule has 0 aromatic heterocycles. The molecule has 0 aromatic rings. The molecule has 0 spiro atoms. The van der Waals surface area contributed by atoms with Crippen molar-refractivity contribution in [2.75, 3.05) is 13.1 Å². The van der Waals surface area contributed by atoms with E-state index in [1.54, 1.807) is 4.90 Å². The number of likely N-dealkylation sites (tertiary alicyclic amines) is 1. The molecule has 0 radical (unpaired) electrons. The Bertz CT molecular complexity index is 364. The van der Waals surface area contributed by atoms with Crippen molar-refractivity contribution in [1.82, 2.24) is 4.90 Å².